The molecule has 1 aromatic carbocycles. The van der Waals surface area contributed by atoms with Crippen molar-refractivity contribution in [3.05, 3.63) is 61.9 Å². The Hall–Kier alpha value is -2.05. The van der Waals surface area contributed by atoms with Crippen LogP contribution in [0.5, 0.6) is 0 Å². The third-order valence-electron chi connectivity index (χ3n) is 4.36. The highest BCUT2D eigenvalue weighted by molar-refractivity contribution is 6.33. The molecule has 1 fully saturated rings. The predicted molar refractivity (Wildman–Crippen MR) is 96.2 cm³/mol. The Morgan fingerprint density at radius 1 is 1.08 bits per heavy atom. The maximum Gasteiger partial charge on any atom is 0.328 e. The van der Waals surface area contributed by atoms with Crippen LogP contribution in [0.2, 0.25) is 5.02 Å². The summed E-state index contributed by atoms with van der Waals surface area (Å²) in [5.74, 6) is 0. The molecule has 1 aliphatic rings. The Kier molecular flexibility index (Phi) is 5.06. The second-order valence-corrected chi connectivity index (χ2v) is 6.43. The van der Waals surface area contributed by atoms with Gasteiger partial charge < -0.3 is 9.88 Å². The SMILES string of the molecule is Cc1cc(=O)n(CCN2CCN(c3ccccc3Cl)CC2)c(=O)[nH]1. The highest BCUT2D eigenvalue weighted by atomic mass is 35.5. The van der Waals surface area contributed by atoms with Crippen molar-refractivity contribution in [1.82, 2.24) is 14.5 Å². The maximum absolute atomic E-state index is 11.9. The summed E-state index contributed by atoms with van der Waals surface area (Å²) in [6, 6.07) is 9.31. The highest BCUT2D eigenvalue weighted by Crippen LogP contribution is 2.25. The number of H-pyrrole nitrogens is 1. The number of aromatic nitrogens is 2. The molecule has 0 aliphatic carbocycles. The Balaban J connectivity index is 1.58. The van der Waals surface area contributed by atoms with Gasteiger partial charge in [0.25, 0.3) is 5.56 Å². The molecule has 128 valence electrons. The molecule has 3 rings (SSSR count). The number of anilines is 1. The standard InChI is InChI=1S/C17H21ClN4O2/c1-13-12-16(23)22(17(24)19-13)11-8-20-6-9-21(10-7-20)15-5-3-2-4-14(15)18/h2-5,12H,6-11H2,1H3,(H,19,24). The molecule has 1 aliphatic heterocycles. The van der Waals surface area contributed by atoms with Crippen molar-refractivity contribution in [2.24, 2.45) is 0 Å². The Morgan fingerprint density at radius 3 is 2.46 bits per heavy atom. The Labute approximate surface area is 145 Å². The first-order valence-electron chi connectivity index (χ1n) is 8.07. The van der Waals surface area contributed by atoms with Gasteiger partial charge in [0.05, 0.1) is 10.7 Å². The fourth-order valence-corrected chi connectivity index (χ4v) is 3.26. The number of halogens is 1. The van der Waals surface area contributed by atoms with Gasteiger partial charge in [-0.3, -0.25) is 14.3 Å². The lowest BCUT2D eigenvalue weighted by molar-refractivity contribution is 0.245. The van der Waals surface area contributed by atoms with Gasteiger partial charge in [-0.15, -0.1) is 0 Å². The van der Waals surface area contributed by atoms with Crippen molar-refractivity contribution < 1.29 is 0 Å². The van der Waals surface area contributed by atoms with Gasteiger partial charge in [-0.2, -0.15) is 0 Å². The van der Waals surface area contributed by atoms with Crippen LogP contribution in [0.1, 0.15) is 5.69 Å². The number of nitrogens with one attached hydrogen (secondary N) is 1. The van der Waals surface area contributed by atoms with Crippen LogP contribution in [0, 0.1) is 6.92 Å². The van der Waals surface area contributed by atoms with Crippen LogP contribution in [0.15, 0.2) is 39.9 Å². The van der Waals surface area contributed by atoms with Crippen LogP contribution in [-0.2, 0) is 6.54 Å². The van der Waals surface area contributed by atoms with Gasteiger partial charge in [0.2, 0.25) is 0 Å². The lowest BCUT2D eigenvalue weighted by Gasteiger charge is -2.36. The Bertz CT molecular complexity index is 791. The summed E-state index contributed by atoms with van der Waals surface area (Å²) in [5.41, 5.74) is 1.07. The summed E-state index contributed by atoms with van der Waals surface area (Å²) in [6.07, 6.45) is 0. The zero-order valence-corrected chi connectivity index (χ0v) is 14.4. The molecule has 0 amide bonds. The largest absolute Gasteiger partial charge is 0.368 e. The van der Waals surface area contributed by atoms with E-state index in [1.54, 1.807) is 6.92 Å². The predicted octanol–water partition coefficient (Wildman–Crippen LogP) is 1.32. The van der Waals surface area contributed by atoms with E-state index in [-0.39, 0.29) is 11.2 Å². The van der Waals surface area contributed by atoms with E-state index in [9.17, 15) is 9.59 Å². The lowest BCUT2D eigenvalue weighted by atomic mass is 10.2. The minimum atomic E-state index is -0.338. The van der Waals surface area contributed by atoms with Crippen molar-refractivity contribution in [2.75, 3.05) is 37.6 Å². The molecule has 7 heteroatoms. The molecule has 0 radical (unpaired) electrons. The Morgan fingerprint density at radius 2 is 1.79 bits per heavy atom. The third-order valence-corrected chi connectivity index (χ3v) is 4.68. The molecule has 24 heavy (non-hydrogen) atoms. The van der Waals surface area contributed by atoms with E-state index in [4.69, 9.17) is 11.6 Å². The molecule has 2 aromatic rings. The minimum Gasteiger partial charge on any atom is -0.368 e. The van der Waals surface area contributed by atoms with Crippen LogP contribution >= 0.6 is 11.6 Å². The third kappa shape index (κ3) is 3.71. The smallest absolute Gasteiger partial charge is 0.328 e. The second-order valence-electron chi connectivity index (χ2n) is 6.03. The van der Waals surface area contributed by atoms with E-state index < -0.39 is 0 Å². The van der Waals surface area contributed by atoms with Crippen molar-refractivity contribution in [1.29, 1.82) is 0 Å². The average Bonchev–Trinajstić information content (AvgIpc) is 2.55. The van der Waals surface area contributed by atoms with E-state index in [0.29, 0.717) is 18.8 Å². The van der Waals surface area contributed by atoms with Gasteiger partial charge in [-0.1, -0.05) is 23.7 Å². The first-order chi connectivity index (χ1) is 11.5. The fourth-order valence-electron chi connectivity index (χ4n) is 3.01. The van der Waals surface area contributed by atoms with Crippen molar-refractivity contribution in [2.45, 2.75) is 13.5 Å². The maximum atomic E-state index is 11.9. The molecule has 1 saturated heterocycles. The number of aryl methyl sites for hydroxylation is 1. The van der Waals surface area contributed by atoms with Gasteiger partial charge in [0.15, 0.2) is 0 Å². The zero-order valence-electron chi connectivity index (χ0n) is 13.7. The topological polar surface area (TPSA) is 61.3 Å². The van der Waals surface area contributed by atoms with Crippen LogP contribution in [0.3, 0.4) is 0 Å². The molecular weight excluding hydrogens is 328 g/mol. The summed E-state index contributed by atoms with van der Waals surface area (Å²) in [5, 5.41) is 0.767. The molecule has 2 heterocycles. The minimum absolute atomic E-state index is 0.244. The van der Waals surface area contributed by atoms with E-state index in [1.807, 2.05) is 24.3 Å². The normalized spacial score (nSPS) is 15.7. The number of nitrogens with zero attached hydrogens (tertiary/aromatic N) is 3. The van der Waals surface area contributed by atoms with Crippen molar-refractivity contribution in [3.63, 3.8) is 0 Å². The van der Waals surface area contributed by atoms with Crippen LogP contribution in [0.25, 0.3) is 0 Å². The fraction of sp³-hybridized carbons (Fsp3) is 0.412. The van der Waals surface area contributed by atoms with Crippen LogP contribution in [-0.4, -0.2) is 47.2 Å². The van der Waals surface area contributed by atoms with Gasteiger partial charge in [0.1, 0.15) is 0 Å². The molecule has 0 atom stereocenters. The molecule has 0 unspecified atom stereocenters. The highest BCUT2D eigenvalue weighted by Gasteiger charge is 2.18. The number of para-hydroxylation sites is 1. The zero-order chi connectivity index (χ0) is 17.1. The lowest BCUT2D eigenvalue weighted by Crippen LogP contribution is -2.48. The number of hydrogen-bond acceptors (Lipinski definition) is 4. The first kappa shape index (κ1) is 16.8. The number of piperazine rings is 1. The summed E-state index contributed by atoms with van der Waals surface area (Å²) in [4.78, 5) is 31.0. The molecular formula is C17H21ClN4O2. The first-order valence-corrected chi connectivity index (χ1v) is 8.45. The van der Waals surface area contributed by atoms with Crippen LogP contribution < -0.4 is 16.1 Å². The molecule has 0 saturated carbocycles. The number of benzene rings is 1. The van der Waals surface area contributed by atoms with E-state index in [0.717, 1.165) is 36.9 Å². The molecule has 0 spiro atoms. The average molecular weight is 349 g/mol. The summed E-state index contributed by atoms with van der Waals surface area (Å²) in [7, 11) is 0. The molecule has 1 N–H and O–H groups in total. The van der Waals surface area contributed by atoms with E-state index >= 15 is 0 Å². The summed E-state index contributed by atoms with van der Waals surface area (Å²) < 4.78 is 1.26. The number of rotatable bonds is 4. The van der Waals surface area contributed by atoms with Crippen molar-refractivity contribution in [3.8, 4) is 0 Å². The number of aromatic amines is 1. The van der Waals surface area contributed by atoms with Gasteiger partial charge in [-0.25, -0.2) is 4.79 Å². The molecule has 0 bridgehead atoms. The van der Waals surface area contributed by atoms with Gasteiger partial charge in [-0.05, 0) is 19.1 Å². The van der Waals surface area contributed by atoms with Crippen molar-refractivity contribution >= 4 is 17.3 Å². The second kappa shape index (κ2) is 7.23. The molecule has 1 aromatic heterocycles. The number of hydrogen-bond donors (Lipinski definition) is 1. The quantitative estimate of drug-likeness (QED) is 0.905. The monoisotopic (exact) mass is 348 g/mol. The van der Waals surface area contributed by atoms with Crippen LogP contribution in [0.4, 0.5) is 5.69 Å². The summed E-state index contributed by atoms with van der Waals surface area (Å²) >= 11 is 6.25. The molecule has 6 nitrogen and oxygen atoms in total. The van der Waals surface area contributed by atoms with E-state index in [1.165, 1.54) is 10.6 Å². The summed E-state index contributed by atoms with van der Waals surface area (Å²) in [6.45, 7) is 6.31. The van der Waals surface area contributed by atoms with Gasteiger partial charge in [0, 0.05) is 51.0 Å². The van der Waals surface area contributed by atoms with E-state index in [2.05, 4.69) is 14.8 Å². The van der Waals surface area contributed by atoms with Gasteiger partial charge >= 0.3 is 5.69 Å².